The Bertz CT molecular complexity index is 977. The number of thiophene rings is 1. The van der Waals surface area contributed by atoms with Crippen LogP contribution in [0.2, 0.25) is 0 Å². The third-order valence-electron chi connectivity index (χ3n) is 6.00. The molecule has 29 heavy (non-hydrogen) atoms. The predicted octanol–water partition coefficient (Wildman–Crippen LogP) is 5.12. The molecule has 2 fully saturated rings. The standard InChI is InChI=1S/C24H24N2O2S/c1-25(21-11-6-5-10-18(21)22-12-7-13-29-22)24(27)28-23-19-15-26(16-20(19)23)14-17-8-3-2-4-9-17/h2-13,19-20,23H,14-16H2,1H3. The van der Waals surface area contributed by atoms with E-state index >= 15 is 0 Å². The summed E-state index contributed by atoms with van der Waals surface area (Å²) in [6.45, 7) is 2.99. The molecule has 2 aliphatic rings. The van der Waals surface area contributed by atoms with Crippen molar-refractivity contribution in [2.24, 2.45) is 11.8 Å². The Hall–Kier alpha value is -2.63. The molecule has 1 saturated carbocycles. The molecule has 2 heterocycles. The third-order valence-corrected chi connectivity index (χ3v) is 6.91. The molecule has 148 valence electrons. The normalized spacial score (nSPS) is 22.9. The smallest absolute Gasteiger partial charge is 0.414 e. The van der Waals surface area contributed by atoms with Crippen LogP contribution in [-0.4, -0.2) is 37.2 Å². The van der Waals surface area contributed by atoms with Crippen molar-refractivity contribution in [2.75, 3.05) is 25.0 Å². The second-order valence-electron chi connectivity index (χ2n) is 7.91. The molecule has 5 heteroatoms. The first-order valence-corrected chi connectivity index (χ1v) is 10.9. The van der Waals surface area contributed by atoms with Gasteiger partial charge in [-0.05, 0) is 23.1 Å². The molecule has 2 aromatic carbocycles. The molecule has 1 saturated heterocycles. The highest BCUT2D eigenvalue weighted by Gasteiger charge is 2.58. The highest BCUT2D eigenvalue weighted by Crippen LogP contribution is 2.48. The minimum absolute atomic E-state index is 0.0610. The van der Waals surface area contributed by atoms with Crippen molar-refractivity contribution in [1.29, 1.82) is 0 Å². The molecule has 0 radical (unpaired) electrons. The Morgan fingerprint density at radius 2 is 1.76 bits per heavy atom. The molecule has 0 bridgehead atoms. The first-order valence-electron chi connectivity index (χ1n) is 10.0. The van der Waals surface area contributed by atoms with E-state index in [-0.39, 0.29) is 12.2 Å². The molecule has 0 N–H and O–H groups in total. The van der Waals surface area contributed by atoms with Gasteiger partial charge in [0.05, 0.1) is 5.69 Å². The molecule has 4 nitrogen and oxygen atoms in total. The largest absolute Gasteiger partial charge is 0.445 e. The zero-order valence-corrected chi connectivity index (χ0v) is 17.2. The minimum Gasteiger partial charge on any atom is -0.445 e. The van der Waals surface area contributed by atoms with E-state index in [1.54, 1.807) is 23.3 Å². The summed E-state index contributed by atoms with van der Waals surface area (Å²) in [7, 11) is 1.80. The second kappa shape index (κ2) is 7.65. The molecule has 3 aromatic rings. The lowest BCUT2D eigenvalue weighted by Gasteiger charge is -2.22. The van der Waals surface area contributed by atoms with E-state index < -0.39 is 0 Å². The van der Waals surface area contributed by atoms with Crippen molar-refractivity contribution in [2.45, 2.75) is 12.6 Å². The number of nitrogens with zero attached hydrogens (tertiary/aromatic N) is 2. The number of hydrogen-bond acceptors (Lipinski definition) is 4. The lowest BCUT2D eigenvalue weighted by molar-refractivity contribution is 0.120. The summed E-state index contributed by atoms with van der Waals surface area (Å²) in [4.78, 5) is 18.1. The van der Waals surface area contributed by atoms with Crippen LogP contribution < -0.4 is 4.90 Å². The average molecular weight is 405 g/mol. The molecule has 0 spiro atoms. The molecule has 1 aliphatic carbocycles. The van der Waals surface area contributed by atoms with E-state index in [4.69, 9.17) is 4.74 Å². The number of para-hydroxylation sites is 1. The molecule has 5 rings (SSSR count). The summed E-state index contributed by atoms with van der Waals surface area (Å²) in [6.07, 6.45) is -0.200. The zero-order valence-electron chi connectivity index (χ0n) is 16.4. The summed E-state index contributed by atoms with van der Waals surface area (Å²) < 4.78 is 5.88. The topological polar surface area (TPSA) is 32.8 Å². The van der Waals surface area contributed by atoms with E-state index in [9.17, 15) is 4.79 Å². The number of likely N-dealkylation sites (tertiary alicyclic amines) is 1. The van der Waals surface area contributed by atoms with Gasteiger partial charge in [-0.3, -0.25) is 9.80 Å². The quantitative estimate of drug-likeness (QED) is 0.592. The summed E-state index contributed by atoms with van der Waals surface area (Å²) in [5.41, 5.74) is 3.29. The van der Waals surface area contributed by atoms with Crippen LogP contribution in [0.5, 0.6) is 0 Å². The van der Waals surface area contributed by atoms with Crippen LogP contribution in [0.15, 0.2) is 72.1 Å². The van der Waals surface area contributed by atoms with E-state index in [2.05, 4.69) is 46.7 Å². The van der Waals surface area contributed by atoms with Gasteiger partial charge in [0.25, 0.3) is 0 Å². The maximum atomic E-state index is 12.8. The summed E-state index contributed by atoms with van der Waals surface area (Å²) >= 11 is 1.68. The van der Waals surface area contributed by atoms with Crippen molar-refractivity contribution in [3.63, 3.8) is 0 Å². The van der Waals surface area contributed by atoms with Gasteiger partial charge in [0, 0.05) is 49.0 Å². The summed E-state index contributed by atoms with van der Waals surface area (Å²) in [5.74, 6) is 0.951. The molecule has 1 aromatic heterocycles. The van der Waals surface area contributed by atoms with Gasteiger partial charge in [-0.1, -0.05) is 54.6 Å². The number of benzene rings is 2. The number of fused-ring (bicyclic) bond motifs is 1. The molecule has 2 atom stereocenters. The maximum Gasteiger partial charge on any atom is 0.414 e. The highest BCUT2D eigenvalue weighted by atomic mass is 32.1. The van der Waals surface area contributed by atoms with Gasteiger partial charge in [0.15, 0.2) is 0 Å². The Morgan fingerprint density at radius 3 is 2.48 bits per heavy atom. The molecule has 2 unspecified atom stereocenters. The molecular formula is C24H24N2O2S. The first-order chi connectivity index (χ1) is 14.2. The summed E-state index contributed by atoms with van der Waals surface area (Å²) in [5, 5.41) is 2.05. The van der Waals surface area contributed by atoms with Crippen molar-refractivity contribution in [1.82, 2.24) is 4.90 Å². The predicted molar refractivity (Wildman–Crippen MR) is 117 cm³/mol. The van der Waals surface area contributed by atoms with Crippen LogP contribution in [0, 0.1) is 11.8 Å². The van der Waals surface area contributed by atoms with Gasteiger partial charge >= 0.3 is 6.09 Å². The first kappa shape index (κ1) is 18.4. The van der Waals surface area contributed by atoms with Gasteiger partial charge in [-0.25, -0.2) is 4.79 Å². The molecule has 1 aliphatic heterocycles. The van der Waals surface area contributed by atoms with Gasteiger partial charge in [-0.2, -0.15) is 0 Å². The van der Waals surface area contributed by atoms with Crippen molar-refractivity contribution >= 4 is 23.1 Å². The highest BCUT2D eigenvalue weighted by molar-refractivity contribution is 7.13. The van der Waals surface area contributed by atoms with Crippen LogP contribution >= 0.6 is 11.3 Å². The Kier molecular flexibility index (Phi) is 4.86. The van der Waals surface area contributed by atoms with E-state index in [0.29, 0.717) is 11.8 Å². The second-order valence-corrected chi connectivity index (χ2v) is 8.86. The number of carbonyl (C=O) groups excluding carboxylic acids is 1. The van der Waals surface area contributed by atoms with Gasteiger partial charge in [-0.15, -0.1) is 11.3 Å². The van der Waals surface area contributed by atoms with Gasteiger partial charge in [0.2, 0.25) is 0 Å². The number of rotatable bonds is 5. The van der Waals surface area contributed by atoms with Crippen molar-refractivity contribution in [3.8, 4) is 10.4 Å². The maximum absolute atomic E-state index is 12.8. The Balaban J connectivity index is 1.19. The van der Waals surface area contributed by atoms with E-state index in [0.717, 1.165) is 35.8 Å². The fourth-order valence-corrected chi connectivity index (χ4v) is 5.17. The number of amides is 1. The fraction of sp³-hybridized carbons (Fsp3) is 0.292. The van der Waals surface area contributed by atoms with Gasteiger partial charge in [0.1, 0.15) is 6.10 Å². The monoisotopic (exact) mass is 404 g/mol. The van der Waals surface area contributed by atoms with E-state index in [1.165, 1.54) is 5.56 Å². The van der Waals surface area contributed by atoms with Crippen molar-refractivity contribution < 1.29 is 9.53 Å². The Morgan fingerprint density at radius 1 is 1.03 bits per heavy atom. The number of piperidine rings is 1. The summed E-state index contributed by atoms with van der Waals surface area (Å²) in [6, 6.07) is 22.7. The molecular weight excluding hydrogens is 380 g/mol. The van der Waals surface area contributed by atoms with E-state index in [1.807, 2.05) is 30.3 Å². The number of hydrogen-bond donors (Lipinski definition) is 0. The zero-order chi connectivity index (χ0) is 19.8. The third kappa shape index (κ3) is 3.68. The average Bonchev–Trinajstić information content (AvgIpc) is 3.17. The fourth-order valence-electron chi connectivity index (χ4n) is 4.40. The lowest BCUT2D eigenvalue weighted by Crippen LogP contribution is -2.32. The van der Waals surface area contributed by atoms with Crippen LogP contribution in [0.1, 0.15) is 5.56 Å². The minimum atomic E-state index is -0.261. The van der Waals surface area contributed by atoms with Crippen molar-refractivity contribution in [3.05, 3.63) is 77.7 Å². The SMILES string of the molecule is CN(C(=O)OC1C2CN(Cc3ccccc3)CC21)c1ccccc1-c1cccs1. The van der Waals surface area contributed by atoms with Crippen LogP contribution in [0.25, 0.3) is 10.4 Å². The number of ether oxygens (including phenoxy) is 1. The van der Waals surface area contributed by atoms with Crippen LogP contribution in [-0.2, 0) is 11.3 Å². The number of carbonyl (C=O) groups is 1. The number of anilines is 1. The lowest BCUT2D eigenvalue weighted by atomic mass is 10.1. The van der Waals surface area contributed by atoms with Gasteiger partial charge < -0.3 is 4.74 Å². The Labute approximate surface area is 175 Å². The molecule has 1 amide bonds. The van der Waals surface area contributed by atoms with Crippen LogP contribution in [0.4, 0.5) is 10.5 Å². The van der Waals surface area contributed by atoms with Crippen LogP contribution in [0.3, 0.4) is 0 Å².